The molecule has 1 amide bonds. The first-order valence-electron chi connectivity index (χ1n) is 6.85. The van der Waals surface area contributed by atoms with Crippen LogP contribution in [0.15, 0.2) is 12.1 Å². The van der Waals surface area contributed by atoms with E-state index in [1.807, 2.05) is 19.1 Å². The summed E-state index contributed by atoms with van der Waals surface area (Å²) in [5.74, 6) is 1.59. The number of hydrogen-bond acceptors (Lipinski definition) is 3. The van der Waals surface area contributed by atoms with Gasteiger partial charge in [-0.15, -0.1) is 11.6 Å². The van der Waals surface area contributed by atoms with E-state index >= 15 is 0 Å². The number of aromatic nitrogens is 3. The summed E-state index contributed by atoms with van der Waals surface area (Å²) in [7, 11) is 0. The number of aryl methyl sites for hydroxylation is 2. The van der Waals surface area contributed by atoms with Crippen LogP contribution in [-0.4, -0.2) is 32.4 Å². The number of nitrogens with one attached hydrogen (secondary N) is 1. The van der Waals surface area contributed by atoms with Crippen LogP contribution in [0.5, 0.6) is 0 Å². The van der Waals surface area contributed by atoms with Crippen LogP contribution in [0.1, 0.15) is 24.4 Å². The number of imidazole rings is 1. The van der Waals surface area contributed by atoms with Gasteiger partial charge < -0.3 is 9.88 Å². The molecule has 5 nitrogen and oxygen atoms in total. The van der Waals surface area contributed by atoms with Crippen LogP contribution < -0.4 is 5.32 Å². The van der Waals surface area contributed by atoms with E-state index in [9.17, 15) is 4.79 Å². The standard InChI is InChI=1S/C14H17ClN4O/c1-9-2-4-11-14(16-9)19(12(18-11)6-7-15)8-10-3-5-13(20)17-10/h2,4,10H,3,5-8H2,1H3,(H,17,20). The molecule has 2 aromatic heterocycles. The van der Waals surface area contributed by atoms with Crippen molar-refractivity contribution in [2.45, 2.75) is 38.8 Å². The van der Waals surface area contributed by atoms with Gasteiger partial charge in [0.2, 0.25) is 5.91 Å². The van der Waals surface area contributed by atoms with Crippen LogP contribution in [0.2, 0.25) is 0 Å². The van der Waals surface area contributed by atoms with Crippen LogP contribution >= 0.6 is 11.6 Å². The van der Waals surface area contributed by atoms with Crippen LogP contribution in [0, 0.1) is 6.92 Å². The molecule has 1 fully saturated rings. The second-order valence-corrected chi connectivity index (χ2v) is 5.55. The number of nitrogens with zero attached hydrogens (tertiary/aromatic N) is 3. The molecule has 3 rings (SSSR count). The lowest BCUT2D eigenvalue weighted by Crippen LogP contribution is -2.30. The maximum atomic E-state index is 11.3. The van der Waals surface area contributed by atoms with Crippen molar-refractivity contribution in [1.29, 1.82) is 0 Å². The summed E-state index contributed by atoms with van der Waals surface area (Å²) in [6.07, 6.45) is 2.18. The van der Waals surface area contributed by atoms with E-state index in [1.54, 1.807) is 0 Å². The summed E-state index contributed by atoms with van der Waals surface area (Å²) in [5, 5.41) is 2.99. The molecule has 0 spiro atoms. The molecule has 0 aromatic carbocycles. The Hall–Kier alpha value is -1.62. The normalized spacial score (nSPS) is 18.7. The Kier molecular flexibility index (Phi) is 3.61. The van der Waals surface area contributed by atoms with E-state index in [0.717, 1.165) is 29.1 Å². The molecule has 0 radical (unpaired) electrons. The Bertz CT molecular complexity index is 652. The third kappa shape index (κ3) is 2.50. The van der Waals surface area contributed by atoms with Gasteiger partial charge in [0, 0.05) is 37.0 Å². The molecule has 1 saturated heterocycles. The highest BCUT2D eigenvalue weighted by atomic mass is 35.5. The molecule has 106 valence electrons. The van der Waals surface area contributed by atoms with Gasteiger partial charge >= 0.3 is 0 Å². The number of rotatable bonds is 4. The average molecular weight is 293 g/mol. The average Bonchev–Trinajstić information content (AvgIpc) is 2.96. The Labute approximate surface area is 122 Å². The number of carbonyl (C=O) groups is 1. The third-order valence-corrected chi connectivity index (χ3v) is 3.81. The van der Waals surface area contributed by atoms with Gasteiger partial charge in [-0.1, -0.05) is 0 Å². The molecule has 1 aliphatic heterocycles. The van der Waals surface area contributed by atoms with Crippen LogP contribution in [0.25, 0.3) is 11.2 Å². The number of alkyl halides is 1. The van der Waals surface area contributed by atoms with Gasteiger partial charge in [0.1, 0.15) is 11.3 Å². The van der Waals surface area contributed by atoms with Crippen molar-refractivity contribution in [1.82, 2.24) is 19.9 Å². The van der Waals surface area contributed by atoms with Crippen molar-refractivity contribution >= 4 is 28.7 Å². The lowest BCUT2D eigenvalue weighted by Gasteiger charge is -2.13. The SMILES string of the molecule is Cc1ccc2nc(CCCl)n(CC3CCC(=O)N3)c2n1. The summed E-state index contributed by atoms with van der Waals surface area (Å²) in [6.45, 7) is 2.68. The topological polar surface area (TPSA) is 59.8 Å². The fourth-order valence-corrected chi connectivity index (χ4v) is 2.81. The van der Waals surface area contributed by atoms with Gasteiger partial charge in [0.05, 0.1) is 0 Å². The second-order valence-electron chi connectivity index (χ2n) is 5.18. The summed E-state index contributed by atoms with van der Waals surface area (Å²) < 4.78 is 2.10. The fraction of sp³-hybridized carbons (Fsp3) is 0.500. The van der Waals surface area contributed by atoms with Crippen molar-refractivity contribution in [3.8, 4) is 0 Å². The quantitative estimate of drug-likeness (QED) is 0.874. The van der Waals surface area contributed by atoms with Crippen molar-refractivity contribution in [2.75, 3.05) is 5.88 Å². The Morgan fingerprint density at radius 3 is 3.00 bits per heavy atom. The number of fused-ring (bicyclic) bond motifs is 1. The van der Waals surface area contributed by atoms with E-state index in [4.69, 9.17) is 11.6 Å². The first kappa shape index (κ1) is 13.4. The minimum atomic E-state index is 0.127. The van der Waals surface area contributed by atoms with Crippen molar-refractivity contribution in [3.05, 3.63) is 23.7 Å². The van der Waals surface area contributed by atoms with E-state index in [0.29, 0.717) is 25.3 Å². The highest BCUT2D eigenvalue weighted by Crippen LogP contribution is 2.18. The molecular weight excluding hydrogens is 276 g/mol. The van der Waals surface area contributed by atoms with E-state index in [-0.39, 0.29) is 11.9 Å². The Morgan fingerprint density at radius 2 is 2.30 bits per heavy atom. The zero-order chi connectivity index (χ0) is 14.1. The minimum absolute atomic E-state index is 0.127. The molecule has 1 unspecified atom stereocenters. The van der Waals surface area contributed by atoms with Gasteiger partial charge in [-0.05, 0) is 25.5 Å². The summed E-state index contributed by atoms with van der Waals surface area (Å²) in [6, 6.07) is 4.11. The lowest BCUT2D eigenvalue weighted by atomic mass is 10.2. The van der Waals surface area contributed by atoms with Gasteiger partial charge in [-0.25, -0.2) is 9.97 Å². The van der Waals surface area contributed by atoms with E-state index in [2.05, 4.69) is 19.9 Å². The number of amides is 1. The molecule has 1 N–H and O–H groups in total. The Balaban J connectivity index is 1.99. The van der Waals surface area contributed by atoms with Gasteiger partial charge in [-0.3, -0.25) is 4.79 Å². The predicted octanol–water partition coefficient (Wildman–Crippen LogP) is 1.80. The van der Waals surface area contributed by atoms with Gasteiger partial charge in [0.15, 0.2) is 5.65 Å². The fourth-order valence-electron chi connectivity index (χ4n) is 2.65. The molecule has 3 heterocycles. The second kappa shape index (κ2) is 5.40. The highest BCUT2D eigenvalue weighted by Gasteiger charge is 2.23. The van der Waals surface area contributed by atoms with Crippen LogP contribution in [-0.2, 0) is 17.8 Å². The van der Waals surface area contributed by atoms with Crippen LogP contribution in [0.4, 0.5) is 0 Å². The number of carbonyl (C=O) groups excluding carboxylic acids is 1. The maximum Gasteiger partial charge on any atom is 0.220 e. The summed E-state index contributed by atoms with van der Waals surface area (Å²) >= 11 is 5.86. The molecule has 1 aliphatic rings. The van der Waals surface area contributed by atoms with Gasteiger partial charge in [-0.2, -0.15) is 0 Å². The molecule has 0 bridgehead atoms. The molecule has 20 heavy (non-hydrogen) atoms. The zero-order valence-corrected chi connectivity index (χ0v) is 12.2. The third-order valence-electron chi connectivity index (χ3n) is 3.62. The van der Waals surface area contributed by atoms with Crippen LogP contribution in [0.3, 0.4) is 0 Å². The zero-order valence-electron chi connectivity index (χ0n) is 11.4. The smallest absolute Gasteiger partial charge is 0.220 e. The van der Waals surface area contributed by atoms with Crippen molar-refractivity contribution in [2.24, 2.45) is 0 Å². The first-order valence-corrected chi connectivity index (χ1v) is 7.39. The van der Waals surface area contributed by atoms with Crippen molar-refractivity contribution in [3.63, 3.8) is 0 Å². The Morgan fingerprint density at radius 1 is 1.45 bits per heavy atom. The number of halogens is 1. The molecule has 1 atom stereocenters. The monoisotopic (exact) mass is 292 g/mol. The summed E-state index contributed by atoms with van der Waals surface area (Å²) in [4.78, 5) is 20.5. The highest BCUT2D eigenvalue weighted by molar-refractivity contribution is 6.17. The van der Waals surface area contributed by atoms with E-state index < -0.39 is 0 Å². The predicted molar refractivity (Wildman–Crippen MR) is 77.9 cm³/mol. The molecule has 0 aliphatic carbocycles. The van der Waals surface area contributed by atoms with Gasteiger partial charge in [0.25, 0.3) is 0 Å². The number of hydrogen-bond donors (Lipinski definition) is 1. The molecule has 6 heteroatoms. The van der Waals surface area contributed by atoms with E-state index in [1.165, 1.54) is 0 Å². The first-order chi connectivity index (χ1) is 9.67. The van der Waals surface area contributed by atoms with Crippen molar-refractivity contribution < 1.29 is 4.79 Å². The molecular formula is C14H17ClN4O. The minimum Gasteiger partial charge on any atom is -0.352 e. The molecule has 2 aromatic rings. The lowest BCUT2D eigenvalue weighted by molar-refractivity contribution is -0.119. The largest absolute Gasteiger partial charge is 0.352 e. The molecule has 0 saturated carbocycles. The maximum absolute atomic E-state index is 11.3. The summed E-state index contributed by atoms with van der Waals surface area (Å²) in [5.41, 5.74) is 2.73. The number of pyridine rings is 1.